The summed E-state index contributed by atoms with van der Waals surface area (Å²) < 4.78 is 1.52. The number of imidazole rings is 1. The van der Waals surface area contributed by atoms with E-state index in [4.69, 9.17) is 0 Å². The summed E-state index contributed by atoms with van der Waals surface area (Å²) in [5, 5.41) is 18.0. The Bertz CT molecular complexity index is 964. The largest absolute Gasteiger partial charge is 0.357 e. The van der Waals surface area contributed by atoms with Gasteiger partial charge in [0.2, 0.25) is 0 Å². The van der Waals surface area contributed by atoms with Gasteiger partial charge < -0.3 is 15.2 Å². The van der Waals surface area contributed by atoms with Gasteiger partial charge in [-0.3, -0.25) is 19.8 Å². The second-order valence-corrected chi connectivity index (χ2v) is 6.42. The molecule has 10 nitrogen and oxygen atoms in total. The van der Waals surface area contributed by atoms with Crippen molar-refractivity contribution in [2.45, 2.75) is 20.0 Å². The molecule has 10 heteroatoms. The maximum absolute atomic E-state index is 10.7. The number of rotatable bonds is 8. The number of benzene rings is 1. The van der Waals surface area contributed by atoms with E-state index in [1.807, 2.05) is 55.4 Å². The molecule has 2 N–H and O–H groups in total. The Morgan fingerprint density at radius 1 is 1.34 bits per heavy atom. The molecule has 0 atom stereocenters. The molecule has 29 heavy (non-hydrogen) atoms. The van der Waals surface area contributed by atoms with Gasteiger partial charge in [0.1, 0.15) is 18.2 Å². The van der Waals surface area contributed by atoms with Crippen LogP contribution in [-0.2, 0) is 13.1 Å². The molecule has 152 valence electrons. The van der Waals surface area contributed by atoms with Crippen LogP contribution in [0.1, 0.15) is 12.7 Å². The highest BCUT2D eigenvalue weighted by molar-refractivity contribution is 5.79. The Labute approximate surface area is 168 Å². The molecule has 3 aromatic rings. The van der Waals surface area contributed by atoms with Crippen molar-refractivity contribution in [1.29, 1.82) is 0 Å². The predicted octanol–water partition coefficient (Wildman–Crippen LogP) is 2.28. The number of nitro groups is 1. The van der Waals surface area contributed by atoms with E-state index in [0.29, 0.717) is 19.6 Å². The molecule has 0 aliphatic rings. The van der Waals surface area contributed by atoms with Gasteiger partial charge in [-0.05, 0) is 12.5 Å². The number of nitrogens with zero attached hydrogens (tertiary/aromatic N) is 6. The van der Waals surface area contributed by atoms with E-state index in [1.54, 1.807) is 0 Å². The third-order valence-corrected chi connectivity index (χ3v) is 4.22. The van der Waals surface area contributed by atoms with E-state index in [9.17, 15) is 10.1 Å². The summed E-state index contributed by atoms with van der Waals surface area (Å²) in [6.07, 6.45) is 4.47. The van der Waals surface area contributed by atoms with E-state index >= 15 is 0 Å². The van der Waals surface area contributed by atoms with Gasteiger partial charge in [-0.1, -0.05) is 30.3 Å². The molecule has 0 aliphatic heterocycles. The molecule has 0 fully saturated rings. The second-order valence-electron chi connectivity index (χ2n) is 6.42. The Morgan fingerprint density at radius 2 is 2.14 bits per heavy atom. The van der Waals surface area contributed by atoms with Crippen LogP contribution in [0.5, 0.6) is 0 Å². The fourth-order valence-corrected chi connectivity index (χ4v) is 2.80. The first-order chi connectivity index (χ1) is 14.1. The molecule has 0 saturated heterocycles. The zero-order valence-electron chi connectivity index (χ0n) is 16.4. The lowest BCUT2D eigenvalue weighted by atomic mass is 10.2. The van der Waals surface area contributed by atoms with Crippen LogP contribution < -0.4 is 5.32 Å². The first-order valence-corrected chi connectivity index (χ1v) is 9.32. The van der Waals surface area contributed by atoms with Gasteiger partial charge in [-0.2, -0.15) is 5.10 Å². The summed E-state index contributed by atoms with van der Waals surface area (Å²) in [6, 6.07) is 10.0. The molecule has 0 unspecified atom stereocenters. The van der Waals surface area contributed by atoms with Crippen molar-refractivity contribution in [3.05, 3.63) is 64.9 Å². The van der Waals surface area contributed by atoms with Gasteiger partial charge in [0.05, 0.1) is 36.4 Å². The summed E-state index contributed by atoms with van der Waals surface area (Å²) >= 11 is 0. The standard InChI is InChI=1S/C19H24N8O2/c1-3-20-19(21-9-10-26-13-16(11-23-26)27(28)29)25(2)14-18-22-12-17(24-18)15-7-5-4-6-8-15/h4-8,11-13H,3,9-10,14H2,1-2H3,(H,20,21)(H,22,24). The number of aromatic amines is 1. The highest BCUT2D eigenvalue weighted by Crippen LogP contribution is 2.16. The van der Waals surface area contributed by atoms with Crippen molar-refractivity contribution in [3.63, 3.8) is 0 Å². The van der Waals surface area contributed by atoms with E-state index in [2.05, 4.69) is 25.4 Å². The number of aromatic nitrogens is 4. The lowest BCUT2D eigenvalue weighted by molar-refractivity contribution is -0.385. The van der Waals surface area contributed by atoms with Crippen molar-refractivity contribution in [2.24, 2.45) is 4.99 Å². The van der Waals surface area contributed by atoms with Gasteiger partial charge >= 0.3 is 5.69 Å². The molecule has 2 aromatic heterocycles. The number of aliphatic imine (C=N–C) groups is 1. The zero-order valence-corrected chi connectivity index (χ0v) is 16.4. The van der Waals surface area contributed by atoms with Crippen LogP contribution in [-0.4, -0.2) is 55.7 Å². The summed E-state index contributed by atoms with van der Waals surface area (Å²) in [6.45, 7) is 4.19. The minimum absolute atomic E-state index is 0.0231. The molecule has 0 radical (unpaired) electrons. The summed E-state index contributed by atoms with van der Waals surface area (Å²) in [5.74, 6) is 1.56. The lowest BCUT2D eigenvalue weighted by Crippen LogP contribution is -2.39. The lowest BCUT2D eigenvalue weighted by Gasteiger charge is -2.21. The molecule has 0 bridgehead atoms. The van der Waals surface area contributed by atoms with Crippen molar-refractivity contribution in [1.82, 2.24) is 30.0 Å². The Balaban J connectivity index is 1.61. The second kappa shape index (κ2) is 9.49. The highest BCUT2D eigenvalue weighted by Gasteiger charge is 2.11. The quantitative estimate of drug-likeness (QED) is 0.261. The smallest absolute Gasteiger partial charge is 0.306 e. The third kappa shape index (κ3) is 5.41. The van der Waals surface area contributed by atoms with Gasteiger partial charge in [0.15, 0.2) is 5.96 Å². The summed E-state index contributed by atoms with van der Waals surface area (Å²) in [7, 11) is 1.94. The number of hydrogen-bond donors (Lipinski definition) is 2. The number of hydrogen-bond acceptors (Lipinski definition) is 5. The Hall–Kier alpha value is -3.69. The molecule has 1 aromatic carbocycles. The van der Waals surface area contributed by atoms with Gasteiger partial charge in [0, 0.05) is 13.6 Å². The molecule has 0 saturated carbocycles. The Morgan fingerprint density at radius 3 is 2.83 bits per heavy atom. The number of H-pyrrole nitrogens is 1. The van der Waals surface area contributed by atoms with Crippen molar-refractivity contribution < 1.29 is 4.92 Å². The van der Waals surface area contributed by atoms with Crippen LogP contribution in [0.4, 0.5) is 5.69 Å². The van der Waals surface area contributed by atoms with Gasteiger partial charge in [0.25, 0.3) is 0 Å². The topological polar surface area (TPSA) is 117 Å². The maximum atomic E-state index is 10.7. The van der Waals surface area contributed by atoms with Gasteiger partial charge in [-0.25, -0.2) is 4.98 Å². The number of guanidine groups is 1. The Kier molecular flexibility index (Phi) is 6.56. The van der Waals surface area contributed by atoms with Crippen LogP contribution in [0.15, 0.2) is 53.9 Å². The van der Waals surface area contributed by atoms with Crippen LogP contribution >= 0.6 is 0 Å². The molecule has 0 aliphatic carbocycles. The fraction of sp³-hybridized carbons (Fsp3) is 0.316. The highest BCUT2D eigenvalue weighted by atomic mass is 16.6. The monoisotopic (exact) mass is 396 g/mol. The van der Waals surface area contributed by atoms with Crippen molar-refractivity contribution >= 4 is 11.6 Å². The van der Waals surface area contributed by atoms with E-state index in [-0.39, 0.29) is 5.69 Å². The van der Waals surface area contributed by atoms with Crippen LogP contribution in [0.25, 0.3) is 11.3 Å². The minimum atomic E-state index is -0.461. The van der Waals surface area contributed by atoms with Crippen molar-refractivity contribution in [2.75, 3.05) is 20.1 Å². The minimum Gasteiger partial charge on any atom is -0.357 e. The average Bonchev–Trinajstić information content (AvgIpc) is 3.38. The molecule has 3 rings (SSSR count). The van der Waals surface area contributed by atoms with Crippen LogP contribution in [0.2, 0.25) is 0 Å². The third-order valence-electron chi connectivity index (χ3n) is 4.22. The predicted molar refractivity (Wildman–Crippen MR) is 110 cm³/mol. The maximum Gasteiger partial charge on any atom is 0.306 e. The molecular weight excluding hydrogens is 372 g/mol. The normalized spacial score (nSPS) is 11.4. The van der Waals surface area contributed by atoms with E-state index in [0.717, 1.165) is 29.6 Å². The van der Waals surface area contributed by atoms with Crippen molar-refractivity contribution in [3.8, 4) is 11.3 Å². The summed E-state index contributed by atoms with van der Waals surface area (Å²) in [4.78, 5) is 24.6. The molecule has 0 amide bonds. The van der Waals surface area contributed by atoms with E-state index in [1.165, 1.54) is 17.1 Å². The molecule has 2 heterocycles. The average molecular weight is 396 g/mol. The number of nitrogens with one attached hydrogen (secondary N) is 2. The fourth-order valence-electron chi connectivity index (χ4n) is 2.80. The van der Waals surface area contributed by atoms with E-state index < -0.39 is 4.92 Å². The molecular formula is C19H24N8O2. The van der Waals surface area contributed by atoms with Crippen LogP contribution in [0.3, 0.4) is 0 Å². The molecule has 0 spiro atoms. The SMILES string of the molecule is CCNC(=NCCn1cc([N+](=O)[O-])cn1)N(C)Cc1ncc(-c2ccccc2)[nH]1. The zero-order chi connectivity index (χ0) is 20.6. The first-order valence-electron chi connectivity index (χ1n) is 9.32. The van der Waals surface area contributed by atoms with Gasteiger partial charge in [-0.15, -0.1) is 0 Å². The first kappa shape index (κ1) is 20.1. The van der Waals surface area contributed by atoms with Crippen LogP contribution in [0, 0.1) is 10.1 Å². The summed E-state index contributed by atoms with van der Waals surface area (Å²) in [5.41, 5.74) is 2.03.